The average molecular weight is 223 g/mol. The maximum Gasteiger partial charge on any atom is 0.385 e. The predicted molar refractivity (Wildman–Crippen MR) is 46.3 cm³/mol. The molecule has 0 aliphatic rings. The van der Waals surface area contributed by atoms with Gasteiger partial charge >= 0.3 is 5.38 Å². The van der Waals surface area contributed by atoms with Crippen molar-refractivity contribution in [2.45, 2.75) is 12.3 Å². The van der Waals surface area contributed by atoms with Gasteiger partial charge in [-0.15, -0.1) is 0 Å². The van der Waals surface area contributed by atoms with Crippen molar-refractivity contribution in [2.24, 2.45) is 0 Å². The second-order valence-electron chi connectivity index (χ2n) is 2.81. The lowest BCUT2D eigenvalue weighted by Gasteiger charge is -2.07. The summed E-state index contributed by atoms with van der Waals surface area (Å²) in [6.07, 6.45) is 0. The Labute approximate surface area is 83.5 Å². The number of carbonyl (C=O) groups is 1. The summed E-state index contributed by atoms with van der Waals surface area (Å²) < 4.78 is 37.7. The first-order valence-electron chi connectivity index (χ1n) is 3.70. The van der Waals surface area contributed by atoms with E-state index >= 15 is 0 Å². The molecule has 76 valence electrons. The Morgan fingerprint density at radius 2 is 2.00 bits per heavy atom. The van der Waals surface area contributed by atoms with Gasteiger partial charge in [0.05, 0.1) is 5.56 Å². The predicted octanol–water partition coefficient (Wildman–Crippen LogP) is 3.15. The van der Waals surface area contributed by atoms with Gasteiger partial charge in [0.2, 0.25) is 0 Å². The standard InChI is InChI=1S/C9H6ClF3O/c1-5-2-3-6(7(11)4-5)8(14)9(10,12)13/h2-4H,1H3. The van der Waals surface area contributed by atoms with Gasteiger partial charge in [-0.25, -0.2) is 4.39 Å². The molecular weight excluding hydrogens is 217 g/mol. The zero-order valence-corrected chi connectivity index (χ0v) is 7.91. The van der Waals surface area contributed by atoms with Crippen LogP contribution in [-0.2, 0) is 0 Å². The normalized spacial score (nSPS) is 11.5. The zero-order valence-electron chi connectivity index (χ0n) is 7.15. The monoisotopic (exact) mass is 222 g/mol. The second kappa shape index (κ2) is 3.61. The fraction of sp³-hybridized carbons (Fsp3) is 0.222. The number of hydrogen-bond donors (Lipinski definition) is 0. The first kappa shape index (κ1) is 11.0. The van der Waals surface area contributed by atoms with Gasteiger partial charge in [-0.3, -0.25) is 4.79 Å². The van der Waals surface area contributed by atoms with E-state index in [9.17, 15) is 18.0 Å². The Hall–Kier alpha value is -1.03. The van der Waals surface area contributed by atoms with Crippen molar-refractivity contribution >= 4 is 17.4 Å². The topological polar surface area (TPSA) is 17.1 Å². The summed E-state index contributed by atoms with van der Waals surface area (Å²) in [5.41, 5.74) is -0.160. The highest BCUT2D eigenvalue weighted by molar-refractivity contribution is 6.35. The van der Waals surface area contributed by atoms with Gasteiger partial charge in [0.1, 0.15) is 5.82 Å². The second-order valence-corrected chi connectivity index (χ2v) is 3.28. The summed E-state index contributed by atoms with van der Waals surface area (Å²) in [7, 11) is 0. The van der Waals surface area contributed by atoms with Crippen LogP contribution in [0.25, 0.3) is 0 Å². The van der Waals surface area contributed by atoms with E-state index in [1.54, 1.807) is 6.92 Å². The minimum absolute atomic E-state index is 0.539. The Morgan fingerprint density at radius 1 is 1.43 bits per heavy atom. The van der Waals surface area contributed by atoms with Gasteiger partial charge in [0, 0.05) is 0 Å². The van der Waals surface area contributed by atoms with E-state index < -0.39 is 22.5 Å². The molecule has 14 heavy (non-hydrogen) atoms. The number of carbonyl (C=O) groups excluding carboxylic acids is 1. The largest absolute Gasteiger partial charge is 0.385 e. The first-order chi connectivity index (χ1) is 6.32. The van der Waals surface area contributed by atoms with Crippen LogP contribution in [0.5, 0.6) is 0 Å². The highest BCUT2D eigenvalue weighted by Gasteiger charge is 2.37. The van der Waals surface area contributed by atoms with E-state index in [1.165, 1.54) is 6.07 Å². The number of halogens is 4. The van der Waals surface area contributed by atoms with Gasteiger partial charge in [-0.05, 0) is 36.2 Å². The van der Waals surface area contributed by atoms with E-state index in [4.69, 9.17) is 0 Å². The molecule has 0 amide bonds. The van der Waals surface area contributed by atoms with Crippen molar-refractivity contribution < 1.29 is 18.0 Å². The molecule has 1 nitrogen and oxygen atoms in total. The van der Waals surface area contributed by atoms with Crippen molar-refractivity contribution in [3.8, 4) is 0 Å². The highest BCUT2D eigenvalue weighted by atomic mass is 35.5. The molecule has 0 aromatic heterocycles. The van der Waals surface area contributed by atoms with Crippen molar-refractivity contribution in [3.63, 3.8) is 0 Å². The summed E-state index contributed by atoms with van der Waals surface area (Å²) in [5, 5.41) is -4.06. The third kappa shape index (κ3) is 2.26. The number of benzene rings is 1. The van der Waals surface area contributed by atoms with Crippen molar-refractivity contribution in [1.82, 2.24) is 0 Å². The molecule has 0 bridgehead atoms. The van der Waals surface area contributed by atoms with E-state index in [2.05, 4.69) is 11.6 Å². The van der Waals surface area contributed by atoms with Crippen molar-refractivity contribution in [3.05, 3.63) is 35.1 Å². The molecule has 5 heteroatoms. The van der Waals surface area contributed by atoms with Crippen LogP contribution >= 0.6 is 11.6 Å². The number of ketones is 1. The van der Waals surface area contributed by atoms with Gasteiger partial charge < -0.3 is 0 Å². The highest BCUT2D eigenvalue weighted by Crippen LogP contribution is 2.25. The first-order valence-corrected chi connectivity index (χ1v) is 4.08. The SMILES string of the molecule is Cc1ccc(C(=O)C(F)(F)Cl)c(F)c1. The lowest BCUT2D eigenvalue weighted by molar-refractivity contribution is 0.0531. The van der Waals surface area contributed by atoms with Crippen molar-refractivity contribution in [1.29, 1.82) is 0 Å². The third-order valence-corrected chi connectivity index (χ3v) is 1.80. The Kier molecular flexibility index (Phi) is 2.85. The summed E-state index contributed by atoms with van der Waals surface area (Å²) in [6.45, 7) is 1.58. The van der Waals surface area contributed by atoms with Crippen LogP contribution in [0.15, 0.2) is 18.2 Å². The van der Waals surface area contributed by atoms with Crippen LogP contribution in [0.3, 0.4) is 0 Å². The molecule has 0 radical (unpaired) electrons. The molecular formula is C9H6ClF3O. The van der Waals surface area contributed by atoms with Crippen LogP contribution in [0, 0.1) is 12.7 Å². The molecule has 0 unspecified atom stereocenters. The quantitative estimate of drug-likeness (QED) is 0.555. The van der Waals surface area contributed by atoms with Crippen LogP contribution in [0.2, 0.25) is 0 Å². The minimum atomic E-state index is -4.06. The Balaban J connectivity index is 3.15. The summed E-state index contributed by atoms with van der Waals surface area (Å²) in [5.74, 6) is -2.72. The van der Waals surface area contributed by atoms with E-state index in [0.29, 0.717) is 5.56 Å². The van der Waals surface area contributed by atoms with Crippen molar-refractivity contribution in [2.75, 3.05) is 0 Å². The van der Waals surface area contributed by atoms with Crippen LogP contribution in [0.1, 0.15) is 15.9 Å². The third-order valence-electron chi connectivity index (χ3n) is 1.63. The van der Waals surface area contributed by atoms with Crippen LogP contribution in [-0.4, -0.2) is 11.2 Å². The minimum Gasteiger partial charge on any atom is -0.286 e. The fourth-order valence-electron chi connectivity index (χ4n) is 0.957. The molecule has 0 saturated heterocycles. The molecule has 1 aromatic carbocycles. The van der Waals surface area contributed by atoms with E-state index in [0.717, 1.165) is 12.1 Å². The Bertz CT molecular complexity index is 371. The molecule has 0 atom stereocenters. The van der Waals surface area contributed by atoms with Gasteiger partial charge in [-0.2, -0.15) is 8.78 Å². The lowest BCUT2D eigenvalue weighted by atomic mass is 10.1. The van der Waals surface area contributed by atoms with Crippen LogP contribution in [0.4, 0.5) is 13.2 Å². The molecule has 0 N–H and O–H groups in total. The number of hydrogen-bond acceptors (Lipinski definition) is 1. The molecule has 0 fully saturated rings. The molecule has 0 saturated carbocycles. The molecule has 0 aliphatic heterocycles. The maximum atomic E-state index is 13.0. The molecule has 0 spiro atoms. The van der Waals surface area contributed by atoms with Gasteiger partial charge in [0.15, 0.2) is 0 Å². The number of aryl methyl sites for hydroxylation is 1. The lowest BCUT2D eigenvalue weighted by Crippen LogP contribution is -2.22. The number of rotatable bonds is 2. The zero-order chi connectivity index (χ0) is 10.9. The van der Waals surface area contributed by atoms with E-state index in [-0.39, 0.29) is 0 Å². The van der Waals surface area contributed by atoms with E-state index in [1.807, 2.05) is 0 Å². The smallest absolute Gasteiger partial charge is 0.286 e. The number of Topliss-reactive ketones (excluding diaryl/α,β-unsaturated/α-hetero) is 1. The molecule has 1 rings (SSSR count). The fourth-order valence-corrected chi connectivity index (χ4v) is 1.06. The molecule has 1 aromatic rings. The van der Waals surface area contributed by atoms with Crippen LogP contribution < -0.4 is 0 Å². The molecule has 0 heterocycles. The van der Waals surface area contributed by atoms with Gasteiger partial charge in [0.25, 0.3) is 5.78 Å². The summed E-state index contributed by atoms with van der Waals surface area (Å²) in [4.78, 5) is 10.9. The average Bonchev–Trinajstić information content (AvgIpc) is 2.01. The maximum absolute atomic E-state index is 13.0. The Morgan fingerprint density at radius 3 is 2.43 bits per heavy atom. The summed E-state index contributed by atoms with van der Waals surface area (Å²) in [6, 6.07) is 3.35. The summed E-state index contributed by atoms with van der Waals surface area (Å²) >= 11 is 4.48. The molecule has 0 aliphatic carbocycles. The van der Waals surface area contributed by atoms with Gasteiger partial charge in [-0.1, -0.05) is 6.07 Å². The number of alkyl halides is 3.